The Hall–Kier alpha value is -0.410. The molecule has 0 aliphatic carbocycles. The molecule has 1 N–H and O–H groups in total. The van der Waals surface area contributed by atoms with E-state index < -0.39 is 0 Å². The molecule has 1 aliphatic rings. The minimum Gasteiger partial charge on any atom is -0.360 e. The molecule has 0 atom stereocenters. The summed E-state index contributed by atoms with van der Waals surface area (Å²) in [5, 5.41) is 2.06. The van der Waals surface area contributed by atoms with E-state index in [0.717, 1.165) is 13.2 Å². The van der Waals surface area contributed by atoms with Crippen molar-refractivity contribution >= 4 is 12.4 Å². The van der Waals surface area contributed by atoms with E-state index in [1.807, 2.05) is 19.4 Å². The maximum absolute atomic E-state index is 3.18. The predicted octanol–water partition coefficient (Wildman–Crippen LogP) is 0.609. The van der Waals surface area contributed by atoms with Crippen molar-refractivity contribution in [2.75, 3.05) is 20.3 Å². The molecule has 0 bridgehead atoms. The largest absolute Gasteiger partial charge is 0.360 e. The number of nitrogens with zero attached hydrogens (tertiary/aromatic N) is 2. The van der Waals surface area contributed by atoms with Crippen LogP contribution in [0.15, 0.2) is 12.4 Å². The van der Waals surface area contributed by atoms with Crippen molar-refractivity contribution in [1.82, 2.24) is 15.3 Å². The number of hydrogen-bond acceptors (Lipinski definition) is 3. The Kier molecular flexibility index (Phi) is 4.23. The highest BCUT2D eigenvalue weighted by atomic mass is 35.5. The fourth-order valence-corrected chi connectivity index (χ4v) is 0.835. The maximum atomic E-state index is 3.18. The van der Waals surface area contributed by atoms with Crippen LogP contribution < -0.4 is 5.43 Å². The summed E-state index contributed by atoms with van der Waals surface area (Å²) >= 11 is 0. The van der Waals surface area contributed by atoms with Crippen LogP contribution in [0.5, 0.6) is 0 Å². The summed E-state index contributed by atoms with van der Waals surface area (Å²) in [4.78, 5) is 2.11. The van der Waals surface area contributed by atoms with Crippen LogP contribution in [0.2, 0.25) is 0 Å². The maximum Gasteiger partial charge on any atom is 0.104 e. The summed E-state index contributed by atoms with van der Waals surface area (Å²) in [5.41, 5.74) is 3.18. The highest BCUT2D eigenvalue weighted by molar-refractivity contribution is 5.85. The van der Waals surface area contributed by atoms with Gasteiger partial charge in [-0.05, 0) is 0 Å². The SMILES string of the molecule is CCNN1C=CN(C)C1.Cl. The summed E-state index contributed by atoms with van der Waals surface area (Å²) in [6, 6.07) is 0. The lowest BCUT2D eigenvalue weighted by Gasteiger charge is -2.17. The lowest BCUT2D eigenvalue weighted by atomic mass is 10.8. The van der Waals surface area contributed by atoms with Crippen LogP contribution in [0.25, 0.3) is 0 Å². The molecule has 0 aromatic heterocycles. The van der Waals surface area contributed by atoms with Gasteiger partial charge in [-0.1, -0.05) is 6.92 Å². The van der Waals surface area contributed by atoms with Crippen molar-refractivity contribution in [2.24, 2.45) is 0 Å². The number of hydrogen-bond donors (Lipinski definition) is 1. The third-order valence-electron chi connectivity index (χ3n) is 1.24. The van der Waals surface area contributed by atoms with Crippen molar-refractivity contribution in [3.8, 4) is 0 Å². The van der Waals surface area contributed by atoms with Gasteiger partial charge in [-0.25, -0.2) is 5.43 Å². The van der Waals surface area contributed by atoms with Gasteiger partial charge in [0, 0.05) is 26.0 Å². The summed E-state index contributed by atoms with van der Waals surface area (Å²) in [7, 11) is 2.05. The van der Waals surface area contributed by atoms with E-state index in [9.17, 15) is 0 Å². The van der Waals surface area contributed by atoms with E-state index >= 15 is 0 Å². The van der Waals surface area contributed by atoms with E-state index in [2.05, 4.69) is 22.3 Å². The van der Waals surface area contributed by atoms with Crippen LogP contribution in [0.3, 0.4) is 0 Å². The molecule has 0 spiro atoms. The highest BCUT2D eigenvalue weighted by Gasteiger charge is 2.04. The number of rotatable bonds is 2. The fraction of sp³-hybridized carbons (Fsp3) is 0.667. The van der Waals surface area contributed by atoms with Crippen LogP contribution >= 0.6 is 12.4 Å². The summed E-state index contributed by atoms with van der Waals surface area (Å²) in [6.45, 7) is 4.03. The van der Waals surface area contributed by atoms with Gasteiger partial charge in [-0.3, -0.25) is 5.01 Å². The Morgan fingerprint density at radius 1 is 1.50 bits per heavy atom. The van der Waals surface area contributed by atoms with Gasteiger partial charge in [-0.15, -0.1) is 12.4 Å². The second-order valence-corrected chi connectivity index (χ2v) is 2.18. The first kappa shape index (κ1) is 9.59. The van der Waals surface area contributed by atoms with E-state index in [0.29, 0.717) is 0 Å². The molecule has 1 rings (SSSR count). The Balaban J connectivity index is 0.000000810. The average Bonchev–Trinajstić information content (AvgIpc) is 2.17. The van der Waals surface area contributed by atoms with E-state index in [1.54, 1.807) is 0 Å². The van der Waals surface area contributed by atoms with Gasteiger partial charge in [0.05, 0.1) is 0 Å². The highest BCUT2D eigenvalue weighted by Crippen LogP contribution is 1.98. The molecule has 0 amide bonds. The Bertz CT molecular complexity index is 116. The van der Waals surface area contributed by atoms with Gasteiger partial charge in [0.1, 0.15) is 6.67 Å². The second kappa shape index (κ2) is 4.41. The van der Waals surface area contributed by atoms with Crippen LogP contribution in [0, 0.1) is 0 Å². The van der Waals surface area contributed by atoms with E-state index in [1.165, 1.54) is 0 Å². The average molecular weight is 164 g/mol. The Morgan fingerprint density at radius 2 is 2.20 bits per heavy atom. The number of halogens is 1. The first-order valence-corrected chi connectivity index (χ1v) is 3.21. The van der Waals surface area contributed by atoms with Crippen LogP contribution in [0.4, 0.5) is 0 Å². The molecule has 4 heteroatoms. The fourth-order valence-electron chi connectivity index (χ4n) is 0.835. The zero-order valence-corrected chi connectivity index (χ0v) is 7.19. The van der Waals surface area contributed by atoms with Gasteiger partial charge in [0.2, 0.25) is 0 Å². The predicted molar refractivity (Wildman–Crippen MR) is 44.5 cm³/mol. The molecule has 0 unspecified atom stereocenters. The smallest absolute Gasteiger partial charge is 0.104 e. The minimum atomic E-state index is 0. The molecule has 0 saturated carbocycles. The van der Waals surface area contributed by atoms with Crippen molar-refractivity contribution in [3.05, 3.63) is 12.4 Å². The lowest BCUT2D eigenvalue weighted by molar-refractivity contribution is 0.229. The quantitative estimate of drug-likeness (QED) is 0.644. The third kappa shape index (κ3) is 2.45. The molecule has 0 saturated heterocycles. The second-order valence-electron chi connectivity index (χ2n) is 2.18. The van der Waals surface area contributed by atoms with Crippen LogP contribution in [0.1, 0.15) is 6.92 Å². The van der Waals surface area contributed by atoms with E-state index in [4.69, 9.17) is 0 Å². The van der Waals surface area contributed by atoms with Crippen molar-refractivity contribution in [2.45, 2.75) is 6.92 Å². The summed E-state index contributed by atoms with van der Waals surface area (Å²) in [6.07, 6.45) is 4.08. The molecule has 3 nitrogen and oxygen atoms in total. The molecule has 10 heavy (non-hydrogen) atoms. The van der Waals surface area contributed by atoms with Crippen LogP contribution in [-0.4, -0.2) is 30.2 Å². The first-order valence-electron chi connectivity index (χ1n) is 3.21. The lowest BCUT2D eigenvalue weighted by Crippen LogP contribution is -2.34. The normalized spacial score (nSPS) is 15.8. The van der Waals surface area contributed by atoms with Gasteiger partial charge < -0.3 is 4.90 Å². The monoisotopic (exact) mass is 163 g/mol. The zero-order valence-electron chi connectivity index (χ0n) is 6.37. The molecular weight excluding hydrogens is 150 g/mol. The van der Waals surface area contributed by atoms with Gasteiger partial charge in [0.25, 0.3) is 0 Å². The van der Waals surface area contributed by atoms with Crippen molar-refractivity contribution in [1.29, 1.82) is 0 Å². The first-order chi connectivity index (χ1) is 4.33. The molecular formula is C6H14ClN3. The molecule has 60 valence electrons. The molecule has 0 radical (unpaired) electrons. The zero-order chi connectivity index (χ0) is 6.69. The minimum absolute atomic E-state index is 0. The number of nitrogens with one attached hydrogen (secondary N) is 1. The molecule has 0 aromatic carbocycles. The summed E-state index contributed by atoms with van der Waals surface area (Å²) in [5.74, 6) is 0. The van der Waals surface area contributed by atoms with E-state index in [-0.39, 0.29) is 12.4 Å². The van der Waals surface area contributed by atoms with Gasteiger partial charge in [0.15, 0.2) is 0 Å². The Labute approximate surface area is 68.1 Å². The standard InChI is InChI=1S/C6H13N3.ClH/c1-3-7-9-5-4-8(2)6-9;/h4-5,7H,3,6H2,1-2H3;1H. The molecule has 0 fully saturated rings. The van der Waals surface area contributed by atoms with Crippen molar-refractivity contribution < 1.29 is 0 Å². The van der Waals surface area contributed by atoms with Gasteiger partial charge in [-0.2, -0.15) is 0 Å². The molecule has 1 heterocycles. The Morgan fingerprint density at radius 3 is 2.60 bits per heavy atom. The van der Waals surface area contributed by atoms with Crippen molar-refractivity contribution in [3.63, 3.8) is 0 Å². The summed E-state index contributed by atoms with van der Waals surface area (Å²) < 4.78 is 0. The molecule has 1 aliphatic heterocycles. The number of hydrazine groups is 1. The molecule has 0 aromatic rings. The third-order valence-corrected chi connectivity index (χ3v) is 1.24. The van der Waals surface area contributed by atoms with Crippen LogP contribution in [-0.2, 0) is 0 Å². The topological polar surface area (TPSA) is 18.5 Å². The van der Waals surface area contributed by atoms with Gasteiger partial charge >= 0.3 is 0 Å².